The molecule has 2 N–H and O–H groups in total. The predicted molar refractivity (Wildman–Crippen MR) is 80.8 cm³/mol. The quantitative estimate of drug-likeness (QED) is 0.904. The highest BCUT2D eigenvalue weighted by Gasteiger charge is 2.14. The van der Waals surface area contributed by atoms with E-state index in [1.807, 2.05) is 36.4 Å². The zero-order valence-electron chi connectivity index (χ0n) is 11.1. The lowest BCUT2D eigenvalue weighted by atomic mass is 10.0. The van der Waals surface area contributed by atoms with Gasteiger partial charge in [0.2, 0.25) is 0 Å². The predicted octanol–water partition coefficient (Wildman–Crippen LogP) is 2.89. The Bertz CT molecular complexity index is 389. The summed E-state index contributed by atoms with van der Waals surface area (Å²) in [5, 5.41) is 0. The number of halogens is 1. The number of rotatable bonds is 5. The lowest BCUT2D eigenvalue weighted by Crippen LogP contribution is -2.21. The third-order valence-electron chi connectivity index (χ3n) is 3.13. The highest BCUT2D eigenvalue weighted by Crippen LogP contribution is 2.19. The molecule has 1 heterocycles. The van der Waals surface area contributed by atoms with Crippen molar-refractivity contribution in [1.82, 2.24) is 0 Å². The van der Waals surface area contributed by atoms with E-state index < -0.39 is 0 Å². The topological polar surface area (TPSA) is 44.5 Å². The van der Waals surface area contributed by atoms with Crippen LogP contribution in [0.2, 0.25) is 0 Å². The van der Waals surface area contributed by atoms with Crippen molar-refractivity contribution in [3.63, 3.8) is 0 Å². The van der Waals surface area contributed by atoms with Crippen LogP contribution in [0.5, 0.6) is 5.75 Å². The molecule has 2 rings (SSSR count). The Morgan fingerprint density at radius 3 is 2.84 bits per heavy atom. The van der Waals surface area contributed by atoms with E-state index in [4.69, 9.17) is 15.2 Å². The maximum Gasteiger partial charge on any atom is 0.119 e. The number of hydrogen-bond donors (Lipinski definition) is 1. The van der Waals surface area contributed by atoms with Gasteiger partial charge in [-0.15, -0.1) is 12.4 Å². The molecule has 0 radical (unpaired) electrons. The van der Waals surface area contributed by atoms with Crippen molar-refractivity contribution in [2.75, 3.05) is 26.4 Å². The molecule has 1 aliphatic rings. The Kier molecular flexibility index (Phi) is 7.56. The van der Waals surface area contributed by atoms with E-state index in [0.29, 0.717) is 12.5 Å². The summed E-state index contributed by atoms with van der Waals surface area (Å²) in [6, 6.07) is 8.10. The molecule has 0 bridgehead atoms. The van der Waals surface area contributed by atoms with E-state index in [1.165, 1.54) is 0 Å². The van der Waals surface area contributed by atoms with Crippen LogP contribution in [-0.4, -0.2) is 26.4 Å². The average Bonchev–Trinajstić information content (AvgIpc) is 2.44. The first-order chi connectivity index (χ1) is 8.88. The Hall–Kier alpha value is -1.03. The smallest absolute Gasteiger partial charge is 0.119 e. The first kappa shape index (κ1) is 16.0. The second kappa shape index (κ2) is 8.97. The molecule has 0 aromatic heterocycles. The minimum absolute atomic E-state index is 0. The molecule has 1 aliphatic heterocycles. The summed E-state index contributed by atoms with van der Waals surface area (Å²) in [7, 11) is 0. The van der Waals surface area contributed by atoms with Crippen molar-refractivity contribution in [2.45, 2.75) is 12.8 Å². The second-order valence-corrected chi connectivity index (χ2v) is 4.58. The maximum absolute atomic E-state index is 5.85. The van der Waals surface area contributed by atoms with Gasteiger partial charge in [0.15, 0.2) is 0 Å². The normalized spacial score (nSPS) is 16.3. The fraction of sp³-hybridized carbons (Fsp3) is 0.467. The molecule has 0 spiro atoms. The van der Waals surface area contributed by atoms with Crippen LogP contribution in [0.4, 0.5) is 0 Å². The van der Waals surface area contributed by atoms with Gasteiger partial charge in [-0.05, 0) is 36.5 Å². The van der Waals surface area contributed by atoms with Crippen molar-refractivity contribution in [1.29, 1.82) is 0 Å². The highest BCUT2D eigenvalue weighted by molar-refractivity contribution is 5.85. The molecule has 19 heavy (non-hydrogen) atoms. The molecule has 1 saturated heterocycles. The zero-order chi connectivity index (χ0) is 12.6. The molecule has 1 fully saturated rings. The Morgan fingerprint density at radius 2 is 2.11 bits per heavy atom. The van der Waals surface area contributed by atoms with Crippen LogP contribution in [0.1, 0.15) is 18.4 Å². The average molecular weight is 284 g/mol. The molecule has 3 nitrogen and oxygen atoms in total. The van der Waals surface area contributed by atoms with Crippen LogP contribution in [0.25, 0.3) is 6.08 Å². The van der Waals surface area contributed by atoms with E-state index >= 15 is 0 Å². The van der Waals surface area contributed by atoms with Crippen molar-refractivity contribution >= 4 is 18.5 Å². The van der Waals surface area contributed by atoms with E-state index in [2.05, 4.69) is 0 Å². The summed E-state index contributed by atoms with van der Waals surface area (Å²) in [4.78, 5) is 0. The summed E-state index contributed by atoms with van der Waals surface area (Å²) < 4.78 is 11.2. The molecule has 1 aromatic carbocycles. The molecule has 106 valence electrons. The minimum atomic E-state index is 0. The van der Waals surface area contributed by atoms with Gasteiger partial charge in [0.1, 0.15) is 5.75 Å². The fourth-order valence-corrected chi connectivity index (χ4v) is 2.04. The van der Waals surface area contributed by atoms with E-state index in [0.717, 1.165) is 44.0 Å². The van der Waals surface area contributed by atoms with Crippen LogP contribution in [-0.2, 0) is 4.74 Å². The summed E-state index contributed by atoms with van der Waals surface area (Å²) in [5.41, 5.74) is 6.57. The monoisotopic (exact) mass is 283 g/mol. The summed E-state index contributed by atoms with van der Waals surface area (Å²) >= 11 is 0. The largest absolute Gasteiger partial charge is 0.493 e. The molecule has 0 aliphatic carbocycles. The summed E-state index contributed by atoms with van der Waals surface area (Å²) in [6.45, 7) is 3.08. The van der Waals surface area contributed by atoms with Crippen molar-refractivity contribution in [2.24, 2.45) is 11.7 Å². The maximum atomic E-state index is 5.85. The first-order valence-electron chi connectivity index (χ1n) is 6.55. The number of nitrogens with two attached hydrogens (primary N) is 1. The van der Waals surface area contributed by atoms with E-state index in [9.17, 15) is 0 Å². The van der Waals surface area contributed by atoms with Crippen LogP contribution >= 0.6 is 12.4 Å². The molecule has 4 heteroatoms. The molecule has 1 aromatic rings. The van der Waals surface area contributed by atoms with Crippen molar-refractivity contribution < 1.29 is 9.47 Å². The molecule has 0 saturated carbocycles. The molecular formula is C15H22ClNO2. The molecular weight excluding hydrogens is 262 g/mol. The number of benzene rings is 1. The van der Waals surface area contributed by atoms with Crippen LogP contribution in [0.3, 0.4) is 0 Å². The van der Waals surface area contributed by atoms with Crippen LogP contribution in [0, 0.1) is 5.92 Å². The lowest BCUT2D eigenvalue weighted by molar-refractivity contribution is 0.0497. The third-order valence-corrected chi connectivity index (χ3v) is 3.13. The van der Waals surface area contributed by atoms with Gasteiger partial charge in [0.25, 0.3) is 0 Å². The Balaban J connectivity index is 0.00000180. The summed E-state index contributed by atoms with van der Waals surface area (Å²) in [5.74, 6) is 1.56. The van der Waals surface area contributed by atoms with Gasteiger partial charge in [-0.3, -0.25) is 0 Å². The summed E-state index contributed by atoms with van der Waals surface area (Å²) in [6.07, 6.45) is 6.17. The van der Waals surface area contributed by atoms with Gasteiger partial charge in [0, 0.05) is 19.8 Å². The number of ether oxygens (including phenoxy) is 2. The molecule has 0 amide bonds. The minimum Gasteiger partial charge on any atom is -0.493 e. The van der Waals surface area contributed by atoms with E-state index in [-0.39, 0.29) is 12.4 Å². The first-order valence-corrected chi connectivity index (χ1v) is 6.55. The molecule has 0 unspecified atom stereocenters. The van der Waals surface area contributed by atoms with Gasteiger partial charge in [-0.1, -0.05) is 24.3 Å². The lowest BCUT2D eigenvalue weighted by Gasteiger charge is -2.22. The third kappa shape index (κ3) is 5.64. The fourth-order valence-electron chi connectivity index (χ4n) is 2.04. The van der Waals surface area contributed by atoms with Gasteiger partial charge >= 0.3 is 0 Å². The Labute approximate surface area is 121 Å². The van der Waals surface area contributed by atoms with Gasteiger partial charge in [-0.25, -0.2) is 0 Å². The van der Waals surface area contributed by atoms with Crippen molar-refractivity contribution in [3.05, 3.63) is 35.9 Å². The van der Waals surface area contributed by atoms with Gasteiger partial charge in [-0.2, -0.15) is 0 Å². The van der Waals surface area contributed by atoms with Crippen LogP contribution < -0.4 is 10.5 Å². The SMILES string of the molecule is Cl.NC/C=C/c1cccc(OCC2CCOCC2)c1. The van der Waals surface area contributed by atoms with Gasteiger partial charge in [0.05, 0.1) is 6.61 Å². The number of hydrogen-bond acceptors (Lipinski definition) is 3. The zero-order valence-corrected chi connectivity index (χ0v) is 11.9. The second-order valence-electron chi connectivity index (χ2n) is 4.58. The van der Waals surface area contributed by atoms with Gasteiger partial charge < -0.3 is 15.2 Å². The van der Waals surface area contributed by atoms with Crippen molar-refractivity contribution in [3.8, 4) is 5.75 Å². The Morgan fingerprint density at radius 1 is 1.32 bits per heavy atom. The standard InChI is InChI=1S/C15H21NO2.ClH/c16-8-2-4-13-3-1-5-15(11-13)18-12-14-6-9-17-10-7-14;/h1-5,11,14H,6-10,12,16H2;1H/b4-2+;. The highest BCUT2D eigenvalue weighted by atomic mass is 35.5. The van der Waals surface area contributed by atoms with Crippen LogP contribution in [0.15, 0.2) is 30.3 Å². The van der Waals surface area contributed by atoms with E-state index in [1.54, 1.807) is 0 Å². The molecule has 0 atom stereocenters.